The van der Waals surface area contributed by atoms with Gasteiger partial charge in [0.15, 0.2) is 0 Å². The summed E-state index contributed by atoms with van der Waals surface area (Å²) >= 11 is 0. The fourth-order valence-corrected chi connectivity index (χ4v) is 4.81. The minimum absolute atomic E-state index is 0.00927. The summed E-state index contributed by atoms with van der Waals surface area (Å²) in [6, 6.07) is 11.0. The molecule has 0 spiro atoms. The van der Waals surface area contributed by atoms with E-state index in [1.54, 1.807) is 20.8 Å². The van der Waals surface area contributed by atoms with E-state index < -0.39 is 45.0 Å². The van der Waals surface area contributed by atoms with E-state index in [1.807, 2.05) is 0 Å². The molecule has 0 saturated heterocycles. The monoisotopic (exact) mass is 440 g/mol. The van der Waals surface area contributed by atoms with Gasteiger partial charge in [-0.15, -0.1) is 0 Å². The Hall–Kier alpha value is -2.39. The molecule has 30 heavy (non-hydrogen) atoms. The molecule has 2 N–H and O–H groups in total. The van der Waals surface area contributed by atoms with Gasteiger partial charge < -0.3 is 5.32 Å². The van der Waals surface area contributed by atoms with Gasteiger partial charge in [-0.25, -0.2) is 13.1 Å². The summed E-state index contributed by atoms with van der Waals surface area (Å²) in [5.74, 6) is -1.55. The van der Waals surface area contributed by atoms with E-state index in [-0.39, 0.29) is 16.1 Å². The summed E-state index contributed by atoms with van der Waals surface area (Å²) in [5.41, 5.74) is -1.03. The topological polar surface area (TPSA) is 75.3 Å². The highest BCUT2D eigenvalue weighted by Gasteiger charge is 2.47. The minimum atomic E-state index is -4.48. The molecule has 3 rings (SSSR count). The number of nitrogens with one attached hydrogen (secondary N) is 2. The van der Waals surface area contributed by atoms with Crippen molar-refractivity contribution in [1.82, 2.24) is 4.72 Å². The van der Waals surface area contributed by atoms with Crippen molar-refractivity contribution in [2.75, 3.05) is 5.32 Å². The van der Waals surface area contributed by atoms with E-state index in [2.05, 4.69) is 10.0 Å². The van der Waals surface area contributed by atoms with Gasteiger partial charge in [-0.3, -0.25) is 4.79 Å². The third-order valence-electron chi connectivity index (χ3n) is 4.65. The van der Waals surface area contributed by atoms with Crippen molar-refractivity contribution >= 4 is 21.6 Å². The van der Waals surface area contributed by atoms with Crippen LogP contribution in [0.25, 0.3) is 0 Å². The van der Waals surface area contributed by atoms with Crippen LogP contribution in [-0.2, 0) is 21.0 Å². The largest absolute Gasteiger partial charge is 0.416 e. The first kappa shape index (κ1) is 22.3. The first-order valence-corrected chi connectivity index (χ1v) is 10.9. The molecule has 2 unspecified atom stereocenters. The Kier molecular flexibility index (Phi) is 5.72. The van der Waals surface area contributed by atoms with Crippen molar-refractivity contribution in [1.29, 1.82) is 0 Å². The van der Waals surface area contributed by atoms with Crippen LogP contribution in [-0.4, -0.2) is 19.9 Å². The van der Waals surface area contributed by atoms with Crippen LogP contribution in [0.2, 0.25) is 0 Å². The highest BCUT2D eigenvalue weighted by molar-refractivity contribution is 7.89. The average Bonchev–Trinajstić information content (AvgIpc) is 3.40. The molecule has 0 heterocycles. The van der Waals surface area contributed by atoms with E-state index in [1.165, 1.54) is 42.5 Å². The van der Waals surface area contributed by atoms with Gasteiger partial charge in [-0.2, -0.15) is 13.2 Å². The quantitative estimate of drug-likeness (QED) is 0.718. The van der Waals surface area contributed by atoms with E-state index in [9.17, 15) is 26.4 Å². The predicted octanol–water partition coefficient (Wildman–Crippen LogP) is 4.52. The molecule has 162 valence electrons. The molecule has 1 aliphatic carbocycles. The maximum absolute atomic E-state index is 13.2. The number of sulfonamides is 1. The number of anilines is 1. The molecule has 2 aromatic carbocycles. The fourth-order valence-electron chi connectivity index (χ4n) is 3.34. The number of amides is 1. The number of benzene rings is 2. The normalized spacial score (nSPS) is 19.4. The van der Waals surface area contributed by atoms with Crippen LogP contribution in [0.4, 0.5) is 18.9 Å². The van der Waals surface area contributed by atoms with Crippen LogP contribution >= 0.6 is 0 Å². The summed E-state index contributed by atoms with van der Waals surface area (Å²) in [4.78, 5) is 12.5. The number of carbonyl (C=O) groups is 1. The molecule has 1 fully saturated rings. The molecule has 1 saturated carbocycles. The summed E-state index contributed by atoms with van der Waals surface area (Å²) in [6.07, 6.45) is -4.18. The molecule has 9 heteroatoms. The zero-order valence-corrected chi connectivity index (χ0v) is 17.6. The molecule has 0 radical (unpaired) electrons. The van der Waals surface area contributed by atoms with Crippen LogP contribution in [0.3, 0.4) is 0 Å². The van der Waals surface area contributed by atoms with Crippen molar-refractivity contribution in [3.8, 4) is 0 Å². The Morgan fingerprint density at radius 3 is 2.33 bits per heavy atom. The fraction of sp³-hybridized carbons (Fsp3) is 0.381. The van der Waals surface area contributed by atoms with Crippen LogP contribution in [0.1, 0.15) is 44.2 Å². The Bertz CT molecular complexity index is 1060. The third-order valence-corrected chi connectivity index (χ3v) is 6.40. The van der Waals surface area contributed by atoms with E-state index >= 15 is 0 Å². The predicted molar refractivity (Wildman–Crippen MR) is 107 cm³/mol. The highest BCUT2D eigenvalue weighted by Crippen LogP contribution is 2.51. The van der Waals surface area contributed by atoms with E-state index in [0.29, 0.717) is 6.42 Å². The summed E-state index contributed by atoms with van der Waals surface area (Å²) < 4.78 is 67.1. The summed E-state index contributed by atoms with van der Waals surface area (Å²) in [7, 11) is -3.78. The molecular weight excluding hydrogens is 417 g/mol. The number of halogens is 3. The van der Waals surface area contributed by atoms with E-state index in [0.717, 1.165) is 6.07 Å². The Morgan fingerprint density at radius 1 is 1.03 bits per heavy atom. The minimum Gasteiger partial charge on any atom is -0.326 e. The zero-order valence-electron chi connectivity index (χ0n) is 16.7. The molecule has 2 atom stereocenters. The van der Waals surface area contributed by atoms with Crippen LogP contribution in [0, 0.1) is 5.92 Å². The lowest BCUT2D eigenvalue weighted by molar-refractivity contribution is -0.138. The summed E-state index contributed by atoms with van der Waals surface area (Å²) in [6.45, 7) is 5.13. The number of rotatable bonds is 5. The standard InChI is InChI=1S/C21H23F3N2O3S/c1-20(2,3)26-30(28,29)14-8-6-7-13(11-14)25-19(27)17-12-16(17)15-9-4-5-10-18(15)21(22,23)24/h4-11,16-17,26H,12H2,1-3H3,(H,25,27). The van der Waals surface area contributed by atoms with E-state index in [4.69, 9.17) is 0 Å². The zero-order chi connectivity index (χ0) is 22.3. The maximum Gasteiger partial charge on any atom is 0.416 e. The second-order valence-electron chi connectivity index (χ2n) is 8.41. The van der Waals surface area contributed by atoms with Gasteiger partial charge in [0.05, 0.1) is 10.5 Å². The van der Waals surface area contributed by atoms with Crippen molar-refractivity contribution in [2.45, 2.75) is 49.7 Å². The van der Waals surface area contributed by atoms with Crippen molar-refractivity contribution < 1.29 is 26.4 Å². The number of carbonyl (C=O) groups excluding carboxylic acids is 1. The Balaban J connectivity index is 1.74. The molecule has 0 aliphatic heterocycles. The second kappa shape index (κ2) is 7.70. The van der Waals surface area contributed by atoms with Crippen molar-refractivity contribution in [3.05, 3.63) is 59.7 Å². The first-order valence-electron chi connectivity index (χ1n) is 9.39. The van der Waals surface area contributed by atoms with Gasteiger partial charge in [0.1, 0.15) is 0 Å². The van der Waals surface area contributed by atoms with Crippen LogP contribution < -0.4 is 10.0 Å². The Labute approximate surface area is 173 Å². The SMILES string of the molecule is CC(C)(C)NS(=O)(=O)c1cccc(NC(=O)C2CC2c2ccccc2C(F)(F)F)c1. The lowest BCUT2D eigenvalue weighted by atomic mass is 10.0. The second-order valence-corrected chi connectivity index (χ2v) is 10.1. The lowest BCUT2D eigenvalue weighted by Crippen LogP contribution is -2.40. The van der Waals surface area contributed by atoms with Crippen molar-refractivity contribution in [3.63, 3.8) is 0 Å². The first-order chi connectivity index (χ1) is 13.8. The van der Waals surface area contributed by atoms with Gasteiger partial charge in [0.2, 0.25) is 15.9 Å². The van der Waals surface area contributed by atoms with Crippen molar-refractivity contribution in [2.24, 2.45) is 5.92 Å². The molecular formula is C21H23F3N2O3S. The number of hydrogen-bond donors (Lipinski definition) is 2. The molecule has 1 amide bonds. The summed E-state index contributed by atoms with van der Waals surface area (Å²) in [5, 5.41) is 2.62. The molecule has 0 aromatic heterocycles. The van der Waals surface area contributed by atoms with Gasteiger partial charge >= 0.3 is 6.18 Å². The van der Waals surface area contributed by atoms with Gasteiger partial charge in [0, 0.05) is 17.1 Å². The Morgan fingerprint density at radius 2 is 1.70 bits per heavy atom. The van der Waals surface area contributed by atoms with Gasteiger partial charge in [-0.1, -0.05) is 24.3 Å². The average molecular weight is 440 g/mol. The number of hydrogen-bond acceptors (Lipinski definition) is 3. The van der Waals surface area contributed by atoms with Crippen LogP contribution in [0.5, 0.6) is 0 Å². The van der Waals surface area contributed by atoms with Gasteiger partial charge in [0.25, 0.3) is 0 Å². The smallest absolute Gasteiger partial charge is 0.326 e. The highest BCUT2D eigenvalue weighted by atomic mass is 32.2. The molecule has 2 aromatic rings. The molecule has 5 nitrogen and oxygen atoms in total. The third kappa shape index (κ3) is 5.20. The lowest BCUT2D eigenvalue weighted by Gasteiger charge is -2.20. The van der Waals surface area contributed by atoms with Crippen LogP contribution in [0.15, 0.2) is 53.4 Å². The maximum atomic E-state index is 13.2. The number of alkyl halides is 3. The molecule has 0 bridgehead atoms. The molecule has 1 aliphatic rings. The van der Waals surface area contributed by atoms with Gasteiger partial charge in [-0.05, 0) is 62.9 Å².